The van der Waals surface area contributed by atoms with Crippen LogP contribution in [0.15, 0.2) is 18.2 Å². The van der Waals surface area contributed by atoms with Crippen LogP contribution in [0.3, 0.4) is 0 Å². The number of hydrogen-bond donors (Lipinski definition) is 3. The Hall–Kier alpha value is -0.850. The summed E-state index contributed by atoms with van der Waals surface area (Å²) < 4.78 is 4.84. The topological polar surface area (TPSA) is 70.6 Å². The van der Waals surface area contributed by atoms with Crippen LogP contribution >= 0.6 is 23.2 Å². The maximum Gasteiger partial charge on any atom is 0.234 e. The average molecular weight is 321 g/mol. The highest BCUT2D eigenvalue weighted by molar-refractivity contribution is 6.36. The van der Waals surface area contributed by atoms with Crippen molar-refractivity contribution < 1.29 is 14.6 Å². The summed E-state index contributed by atoms with van der Waals surface area (Å²) in [5, 5.41) is 16.3. The van der Waals surface area contributed by atoms with Crippen molar-refractivity contribution in [2.45, 2.75) is 6.10 Å². The van der Waals surface area contributed by atoms with Crippen LogP contribution in [0.2, 0.25) is 10.0 Å². The molecule has 7 heteroatoms. The number of hydrogen-bond acceptors (Lipinski definition) is 4. The zero-order chi connectivity index (χ0) is 15.0. The summed E-state index contributed by atoms with van der Waals surface area (Å²) in [6, 6.07) is 4.97. The van der Waals surface area contributed by atoms with Crippen LogP contribution in [0.4, 0.5) is 0 Å². The predicted molar refractivity (Wildman–Crippen MR) is 79.2 cm³/mol. The number of aliphatic hydroxyl groups excluding tert-OH is 1. The first-order valence-corrected chi connectivity index (χ1v) is 6.90. The molecule has 20 heavy (non-hydrogen) atoms. The summed E-state index contributed by atoms with van der Waals surface area (Å²) in [5.74, 6) is -0.219. The summed E-state index contributed by atoms with van der Waals surface area (Å²) in [7, 11) is 1.59. The monoisotopic (exact) mass is 320 g/mol. The van der Waals surface area contributed by atoms with Crippen molar-refractivity contribution >= 4 is 29.1 Å². The third-order valence-electron chi connectivity index (χ3n) is 2.59. The van der Waals surface area contributed by atoms with E-state index in [1.807, 2.05) is 0 Å². The van der Waals surface area contributed by atoms with E-state index in [4.69, 9.17) is 27.9 Å². The molecular formula is C13H18Cl2N2O3. The minimum absolute atomic E-state index is 0.0498. The van der Waals surface area contributed by atoms with Gasteiger partial charge in [-0.25, -0.2) is 0 Å². The number of halogens is 2. The van der Waals surface area contributed by atoms with Gasteiger partial charge in [-0.05, 0) is 12.1 Å². The number of benzene rings is 1. The van der Waals surface area contributed by atoms with Crippen molar-refractivity contribution in [2.75, 3.05) is 33.4 Å². The molecule has 3 N–H and O–H groups in total. The molecule has 112 valence electrons. The summed E-state index contributed by atoms with van der Waals surface area (Å²) in [6.45, 7) is 1.33. The van der Waals surface area contributed by atoms with Gasteiger partial charge in [0.05, 0.1) is 19.3 Å². The van der Waals surface area contributed by atoms with E-state index in [2.05, 4.69) is 10.6 Å². The standard InChI is InChI=1S/C13H18Cl2N2O3/c1-20-6-5-16-8-12(19)17-7-11(18)13-9(14)3-2-4-10(13)15/h2-4,11,16,18H,5-8H2,1H3,(H,17,19). The van der Waals surface area contributed by atoms with Gasteiger partial charge in [-0.1, -0.05) is 29.3 Å². The van der Waals surface area contributed by atoms with Gasteiger partial charge in [0, 0.05) is 35.8 Å². The molecule has 0 aliphatic rings. The van der Waals surface area contributed by atoms with Crippen LogP contribution in [-0.2, 0) is 9.53 Å². The molecule has 0 saturated carbocycles. The molecule has 0 radical (unpaired) electrons. The Kier molecular flexibility index (Phi) is 7.87. The van der Waals surface area contributed by atoms with E-state index in [0.717, 1.165) is 0 Å². The van der Waals surface area contributed by atoms with Crippen molar-refractivity contribution in [3.63, 3.8) is 0 Å². The maximum atomic E-state index is 11.5. The predicted octanol–water partition coefficient (Wildman–Crippen LogP) is 1.38. The van der Waals surface area contributed by atoms with Gasteiger partial charge in [0.1, 0.15) is 0 Å². The second kappa shape index (κ2) is 9.15. The Morgan fingerprint density at radius 2 is 2.05 bits per heavy atom. The first-order valence-electron chi connectivity index (χ1n) is 6.14. The molecule has 0 saturated heterocycles. The number of methoxy groups -OCH3 is 1. The minimum atomic E-state index is -0.945. The lowest BCUT2D eigenvalue weighted by Crippen LogP contribution is -2.37. The van der Waals surface area contributed by atoms with Crippen molar-refractivity contribution in [1.82, 2.24) is 10.6 Å². The fourth-order valence-electron chi connectivity index (χ4n) is 1.58. The van der Waals surface area contributed by atoms with Crippen LogP contribution < -0.4 is 10.6 Å². The molecule has 1 amide bonds. The molecule has 0 fully saturated rings. The van der Waals surface area contributed by atoms with Gasteiger partial charge in [-0.15, -0.1) is 0 Å². The first-order chi connectivity index (χ1) is 9.56. The van der Waals surface area contributed by atoms with Crippen molar-refractivity contribution in [1.29, 1.82) is 0 Å². The van der Waals surface area contributed by atoms with Gasteiger partial charge in [0.25, 0.3) is 0 Å². The van der Waals surface area contributed by atoms with Crippen LogP contribution in [0.1, 0.15) is 11.7 Å². The van der Waals surface area contributed by atoms with Gasteiger partial charge in [0.15, 0.2) is 0 Å². The van der Waals surface area contributed by atoms with Crippen LogP contribution in [0.5, 0.6) is 0 Å². The van der Waals surface area contributed by atoms with E-state index in [-0.39, 0.29) is 19.0 Å². The highest BCUT2D eigenvalue weighted by atomic mass is 35.5. The van der Waals surface area contributed by atoms with E-state index in [9.17, 15) is 9.90 Å². The van der Waals surface area contributed by atoms with Gasteiger partial charge in [-0.3, -0.25) is 4.79 Å². The molecular weight excluding hydrogens is 303 g/mol. The molecule has 0 aliphatic heterocycles. The Labute approximate surface area is 128 Å². The zero-order valence-corrected chi connectivity index (χ0v) is 12.7. The Bertz CT molecular complexity index is 423. The molecule has 0 aliphatic carbocycles. The third kappa shape index (κ3) is 5.64. The zero-order valence-electron chi connectivity index (χ0n) is 11.2. The average Bonchev–Trinajstić information content (AvgIpc) is 2.41. The second-order valence-corrected chi connectivity index (χ2v) is 4.94. The molecule has 1 atom stereocenters. The normalized spacial score (nSPS) is 12.2. The van der Waals surface area contributed by atoms with Crippen molar-refractivity contribution in [3.8, 4) is 0 Å². The lowest BCUT2D eigenvalue weighted by atomic mass is 10.1. The molecule has 1 rings (SSSR count). The highest BCUT2D eigenvalue weighted by Gasteiger charge is 2.16. The van der Waals surface area contributed by atoms with E-state index in [1.165, 1.54) is 0 Å². The maximum absolute atomic E-state index is 11.5. The molecule has 0 heterocycles. The van der Waals surface area contributed by atoms with Crippen LogP contribution in [-0.4, -0.2) is 44.4 Å². The number of ether oxygens (including phenoxy) is 1. The molecule has 1 aromatic carbocycles. The molecule has 1 unspecified atom stereocenters. The third-order valence-corrected chi connectivity index (χ3v) is 3.25. The molecule has 0 spiro atoms. The summed E-state index contributed by atoms with van der Waals surface area (Å²) in [4.78, 5) is 11.5. The summed E-state index contributed by atoms with van der Waals surface area (Å²) >= 11 is 11.9. The first kappa shape index (κ1) is 17.2. The summed E-state index contributed by atoms with van der Waals surface area (Å²) in [5.41, 5.74) is 0.420. The van der Waals surface area contributed by atoms with Gasteiger partial charge < -0.3 is 20.5 Å². The van der Waals surface area contributed by atoms with Crippen LogP contribution in [0, 0.1) is 0 Å². The number of nitrogens with one attached hydrogen (secondary N) is 2. The number of carbonyl (C=O) groups excluding carboxylic acids is 1. The molecule has 1 aromatic rings. The number of carbonyl (C=O) groups is 1. The SMILES string of the molecule is COCCNCC(=O)NCC(O)c1c(Cl)cccc1Cl. The second-order valence-electron chi connectivity index (χ2n) is 4.12. The smallest absolute Gasteiger partial charge is 0.234 e. The van der Waals surface area contributed by atoms with Gasteiger partial charge in [-0.2, -0.15) is 0 Å². The quantitative estimate of drug-likeness (QED) is 0.633. The van der Waals surface area contributed by atoms with Gasteiger partial charge >= 0.3 is 0 Å². The Morgan fingerprint density at radius 3 is 2.65 bits per heavy atom. The number of rotatable bonds is 8. The lowest BCUT2D eigenvalue weighted by molar-refractivity contribution is -0.120. The number of amides is 1. The fourth-order valence-corrected chi connectivity index (χ4v) is 2.23. The van der Waals surface area contributed by atoms with E-state index < -0.39 is 6.10 Å². The van der Waals surface area contributed by atoms with Crippen LogP contribution in [0.25, 0.3) is 0 Å². The lowest BCUT2D eigenvalue weighted by Gasteiger charge is -2.15. The summed E-state index contributed by atoms with van der Waals surface area (Å²) in [6.07, 6.45) is -0.945. The highest BCUT2D eigenvalue weighted by Crippen LogP contribution is 2.29. The van der Waals surface area contributed by atoms with E-state index in [1.54, 1.807) is 25.3 Å². The fraction of sp³-hybridized carbons (Fsp3) is 0.462. The van der Waals surface area contributed by atoms with E-state index in [0.29, 0.717) is 28.8 Å². The van der Waals surface area contributed by atoms with Gasteiger partial charge in [0.2, 0.25) is 5.91 Å². The molecule has 5 nitrogen and oxygen atoms in total. The van der Waals surface area contributed by atoms with E-state index >= 15 is 0 Å². The number of aliphatic hydroxyl groups is 1. The minimum Gasteiger partial charge on any atom is -0.386 e. The van der Waals surface area contributed by atoms with Crippen molar-refractivity contribution in [3.05, 3.63) is 33.8 Å². The molecule has 0 bridgehead atoms. The van der Waals surface area contributed by atoms with Crippen molar-refractivity contribution in [2.24, 2.45) is 0 Å². The Balaban J connectivity index is 2.39. The Morgan fingerprint density at radius 1 is 1.40 bits per heavy atom. The largest absolute Gasteiger partial charge is 0.386 e. The molecule has 0 aromatic heterocycles.